The number of amides is 2. The number of primary sulfonamides is 1. The van der Waals surface area contributed by atoms with E-state index in [1.807, 2.05) is 0 Å². The molecule has 0 saturated carbocycles. The first-order chi connectivity index (χ1) is 13.2. The Labute approximate surface area is 162 Å². The Hall–Kier alpha value is -3.11. The molecule has 148 valence electrons. The molecule has 1 atom stereocenters. The molecule has 3 N–H and O–H groups in total. The van der Waals surface area contributed by atoms with Gasteiger partial charge in [0.25, 0.3) is 5.91 Å². The van der Waals surface area contributed by atoms with Crippen molar-refractivity contribution >= 4 is 33.2 Å². The number of methoxy groups -OCH3 is 2. The minimum absolute atomic E-state index is 0.0376. The lowest BCUT2D eigenvalue weighted by molar-refractivity contribution is -0.121. The lowest BCUT2D eigenvalue weighted by atomic mass is 10.2. The van der Waals surface area contributed by atoms with Crippen LogP contribution in [0.4, 0.5) is 11.4 Å². The number of imide groups is 1. The van der Waals surface area contributed by atoms with E-state index < -0.39 is 22.0 Å². The van der Waals surface area contributed by atoms with Crippen LogP contribution < -0.4 is 24.8 Å². The van der Waals surface area contributed by atoms with Crippen molar-refractivity contribution in [1.29, 1.82) is 0 Å². The van der Waals surface area contributed by atoms with E-state index in [-0.39, 0.29) is 17.2 Å². The molecule has 0 bridgehead atoms. The first kappa shape index (κ1) is 19.6. The van der Waals surface area contributed by atoms with Gasteiger partial charge in [0.2, 0.25) is 15.9 Å². The van der Waals surface area contributed by atoms with E-state index >= 15 is 0 Å². The molecule has 3 rings (SSSR count). The summed E-state index contributed by atoms with van der Waals surface area (Å²) in [6, 6.07) is 9.60. The number of rotatable bonds is 6. The topological polar surface area (TPSA) is 128 Å². The molecule has 9 nitrogen and oxygen atoms in total. The predicted octanol–water partition coefficient (Wildman–Crippen LogP) is 1.10. The SMILES string of the molecule is COc1ccc(N2C(=O)CC(Nc3ccc(S(N)(=O)=O)cc3)C2=O)cc1OC. The van der Waals surface area contributed by atoms with Crippen molar-refractivity contribution in [3.8, 4) is 11.5 Å². The van der Waals surface area contributed by atoms with E-state index in [9.17, 15) is 18.0 Å². The summed E-state index contributed by atoms with van der Waals surface area (Å²) in [5, 5.41) is 8.01. The molecule has 2 aromatic carbocycles. The van der Waals surface area contributed by atoms with E-state index in [4.69, 9.17) is 14.6 Å². The molecule has 1 fully saturated rings. The van der Waals surface area contributed by atoms with Gasteiger partial charge in [-0.15, -0.1) is 0 Å². The maximum atomic E-state index is 12.8. The van der Waals surface area contributed by atoms with Crippen LogP contribution in [0.1, 0.15) is 6.42 Å². The molecule has 0 radical (unpaired) electrons. The van der Waals surface area contributed by atoms with Crippen LogP contribution >= 0.6 is 0 Å². The number of benzene rings is 2. The number of sulfonamides is 1. The number of nitrogens with one attached hydrogen (secondary N) is 1. The van der Waals surface area contributed by atoms with Crippen molar-refractivity contribution in [3.05, 3.63) is 42.5 Å². The van der Waals surface area contributed by atoms with Crippen molar-refractivity contribution in [3.63, 3.8) is 0 Å². The normalized spacial score (nSPS) is 17.0. The molecule has 1 unspecified atom stereocenters. The Morgan fingerprint density at radius 1 is 1.04 bits per heavy atom. The summed E-state index contributed by atoms with van der Waals surface area (Å²) >= 11 is 0. The summed E-state index contributed by atoms with van der Waals surface area (Å²) < 4.78 is 33.0. The number of hydrogen-bond acceptors (Lipinski definition) is 7. The Morgan fingerprint density at radius 3 is 2.25 bits per heavy atom. The quantitative estimate of drug-likeness (QED) is 0.689. The molecule has 0 aliphatic carbocycles. The zero-order chi connectivity index (χ0) is 20.5. The summed E-state index contributed by atoms with van der Waals surface area (Å²) in [5.41, 5.74) is 0.870. The van der Waals surface area contributed by atoms with Crippen LogP contribution in [-0.4, -0.2) is 40.5 Å². The summed E-state index contributed by atoms with van der Waals surface area (Å²) in [5.74, 6) is 0.0918. The van der Waals surface area contributed by atoms with Crippen LogP contribution in [0, 0.1) is 0 Å². The van der Waals surface area contributed by atoms with Crippen molar-refractivity contribution in [2.24, 2.45) is 5.14 Å². The molecular weight excluding hydrogens is 386 g/mol. The van der Waals surface area contributed by atoms with Gasteiger partial charge in [-0.2, -0.15) is 0 Å². The van der Waals surface area contributed by atoms with Gasteiger partial charge in [-0.3, -0.25) is 9.59 Å². The van der Waals surface area contributed by atoms with Crippen LogP contribution in [0.3, 0.4) is 0 Å². The first-order valence-corrected chi connectivity index (χ1v) is 9.77. The number of anilines is 2. The van der Waals surface area contributed by atoms with Crippen molar-refractivity contribution in [2.75, 3.05) is 24.4 Å². The smallest absolute Gasteiger partial charge is 0.256 e. The molecule has 1 aliphatic rings. The monoisotopic (exact) mass is 405 g/mol. The second kappa shape index (κ2) is 7.49. The minimum Gasteiger partial charge on any atom is -0.493 e. The summed E-state index contributed by atoms with van der Waals surface area (Å²) in [4.78, 5) is 26.2. The minimum atomic E-state index is -3.80. The number of hydrogen-bond donors (Lipinski definition) is 2. The molecule has 0 aromatic heterocycles. The lowest BCUT2D eigenvalue weighted by Crippen LogP contribution is -2.34. The van der Waals surface area contributed by atoms with Gasteiger partial charge in [0.05, 0.1) is 31.2 Å². The fourth-order valence-electron chi connectivity index (χ4n) is 2.92. The molecular formula is C18H19N3O6S. The third-order valence-electron chi connectivity index (χ3n) is 4.30. The molecule has 2 aromatic rings. The van der Waals surface area contributed by atoms with Gasteiger partial charge in [0, 0.05) is 11.8 Å². The Kier molecular flexibility index (Phi) is 5.25. The van der Waals surface area contributed by atoms with Crippen molar-refractivity contribution in [1.82, 2.24) is 0 Å². The highest BCUT2D eigenvalue weighted by atomic mass is 32.2. The molecule has 1 heterocycles. The highest BCUT2D eigenvalue weighted by Gasteiger charge is 2.39. The molecule has 10 heteroatoms. The van der Waals surface area contributed by atoms with Gasteiger partial charge in [-0.25, -0.2) is 18.5 Å². The van der Waals surface area contributed by atoms with Crippen LogP contribution in [0.2, 0.25) is 0 Å². The fraction of sp³-hybridized carbons (Fsp3) is 0.222. The Bertz CT molecular complexity index is 1020. The maximum Gasteiger partial charge on any atom is 0.256 e. The van der Waals surface area contributed by atoms with E-state index in [0.717, 1.165) is 4.90 Å². The number of ether oxygens (including phenoxy) is 2. The van der Waals surface area contributed by atoms with Gasteiger partial charge in [-0.05, 0) is 36.4 Å². The number of nitrogens with zero attached hydrogens (tertiary/aromatic N) is 1. The van der Waals surface area contributed by atoms with Crippen LogP contribution in [0.5, 0.6) is 11.5 Å². The zero-order valence-corrected chi connectivity index (χ0v) is 16.0. The highest BCUT2D eigenvalue weighted by molar-refractivity contribution is 7.89. The average molecular weight is 405 g/mol. The third kappa shape index (κ3) is 3.78. The third-order valence-corrected chi connectivity index (χ3v) is 5.22. The number of nitrogens with two attached hydrogens (primary N) is 1. The maximum absolute atomic E-state index is 12.8. The molecule has 1 saturated heterocycles. The summed E-state index contributed by atoms with van der Waals surface area (Å²) in [6.45, 7) is 0. The second-order valence-electron chi connectivity index (χ2n) is 6.08. The summed E-state index contributed by atoms with van der Waals surface area (Å²) in [6.07, 6.45) is -0.0376. The van der Waals surface area contributed by atoms with E-state index in [1.165, 1.54) is 38.5 Å². The predicted molar refractivity (Wildman–Crippen MR) is 102 cm³/mol. The zero-order valence-electron chi connectivity index (χ0n) is 15.2. The second-order valence-corrected chi connectivity index (χ2v) is 7.64. The lowest BCUT2D eigenvalue weighted by Gasteiger charge is -2.18. The summed E-state index contributed by atoms with van der Waals surface area (Å²) in [7, 11) is -0.849. The van der Waals surface area contributed by atoms with E-state index in [2.05, 4.69) is 5.32 Å². The number of carbonyl (C=O) groups excluding carboxylic acids is 2. The van der Waals surface area contributed by atoms with Gasteiger partial charge < -0.3 is 14.8 Å². The van der Waals surface area contributed by atoms with Crippen molar-refractivity contribution < 1.29 is 27.5 Å². The fourth-order valence-corrected chi connectivity index (χ4v) is 3.44. The van der Waals surface area contributed by atoms with Crippen LogP contribution in [0.15, 0.2) is 47.4 Å². The van der Waals surface area contributed by atoms with Crippen LogP contribution in [0.25, 0.3) is 0 Å². The van der Waals surface area contributed by atoms with Gasteiger partial charge in [-0.1, -0.05) is 0 Å². The molecule has 1 aliphatic heterocycles. The van der Waals surface area contributed by atoms with Gasteiger partial charge in [0.1, 0.15) is 6.04 Å². The Balaban J connectivity index is 1.80. The first-order valence-electron chi connectivity index (χ1n) is 8.23. The van der Waals surface area contributed by atoms with E-state index in [1.54, 1.807) is 18.2 Å². The molecule has 2 amide bonds. The van der Waals surface area contributed by atoms with E-state index in [0.29, 0.717) is 22.9 Å². The Morgan fingerprint density at radius 2 is 1.68 bits per heavy atom. The average Bonchev–Trinajstić information content (AvgIpc) is 2.94. The van der Waals surface area contributed by atoms with Gasteiger partial charge >= 0.3 is 0 Å². The standard InChI is InChI=1S/C18H19N3O6S/c1-26-15-8-5-12(9-16(15)27-2)21-17(22)10-14(18(21)23)20-11-3-6-13(7-4-11)28(19,24)25/h3-9,14,20H,10H2,1-2H3,(H2,19,24,25). The number of carbonyl (C=O) groups is 2. The highest BCUT2D eigenvalue weighted by Crippen LogP contribution is 2.34. The van der Waals surface area contributed by atoms with Crippen LogP contribution in [-0.2, 0) is 19.6 Å². The largest absolute Gasteiger partial charge is 0.493 e. The molecule has 0 spiro atoms. The molecule has 28 heavy (non-hydrogen) atoms. The van der Waals surface area contributed by atoms with Crippen molar-refractivity contribution in [2.45, 2.75) is 17.4 Å². The van der Waals surface area contributed by atoms with Gasteiger partial charge in [0.15, 0.2) is 11.5 Å².